The van der Waals surface area contributed by atoms with Crippen LogP contribution in [0.1, 0.15) is 25.0 Å². The van der Waals surface area contributed by atoms with Gasteiger partial charge in [0, 0.05) is 10.4 Å². The van der Waals surface area contributed by atoms with Gasteiger partial charge in [-0.05, 0) is 29.7 Å². The number of rotatable bonds is 3. The van der Waals surface area contributed by atoms with Gasteiger partial charge >= 0.3 is 0 Å². The van der Waals surface area contributed by atoms with Crippen molar-refractivity contribution in [2.75, 3.05) is 6.61 Å². The molecule has 0 spiro atoms. The fourth-order valence-corrected chi connectivity index (χ4v) is 1.73. The summed E-state index contributed by atoms with van der Waals surface area (Å²) in [7, 11) is 0. The molecule has 13 heavy (non-hydrogen) atoms. The summed E-state index contributed by atoms with van der Waals surface area (Å²) in [6.45, 7) is 4.20. The maximum absolute atomic E-state index is 8.99. The zero-order valence-electron chi connectivity index (χ0n) is 7.97. The molecule has 1 rings (SSSR count). The van der Waals surface area contributed by atoms with Crippen LogP contribution in [0.15, 0.2) is 22.7 Å². The molecule has 1 aromatic rings. The minimum atomic E-state index is 0.125. The fraction of sp³-hybridized carbons (Fsp3) is 0.364. The second-order valence-corrected chi connectivity index (χ2v) is 4.06. The van der Waals surface area contributed by atoms with Crippen molar-refractivity contribution in [2.24, 2.45) is 0 Å². The van der Waals surface area contributed by atoms with Crippen LogP contribution >= 0.6 is 15.9 Å². The third kappa shape index (κ3) is 2.82. The molecular weight excluding hydrogens is 228 g/mol. The van der Waals surface area contributed by atoms with Gasteiger partial charge in [0.25, 0.3) is 0 Å². The average Bonchev–Trinajstić information content (AvgIpc) is 2.15. The second-order valence-electron chi connectivity index (χ2n) is 3.14. The number of hydrogen-bond donors (Lipinski definition) is 1. The SMILES string of the molecule is CCc1cc(Br)cc([C](C)CO)c1. The third-order valence-electron chi connectivity index (χ3n) is 2.10. The third-order valence-corrected chi connectivity index (χ3v) is 2.55. The van der Waals surface area contributed by atoms with Crippen LogP contribution in [0.2, 0.25) is 0 Å². The molecule has 0 aliphatic heterocycles. The van der Waals surface area contributed by atoms with Crippen LogP contribution in [0.3, 0.4) is 0 Å². The van der Waals surface area contributed by atoms with Gasteiger partial charge in [0.1, 0.15) is 0 Å². The van der Waals surface area contributed by atoms with E-state index in [1.807, 2.05) is 13.0 Å². The van der Waals surface area contributed by atoms with E-state index in [1.165, 1.54) is 5.56 Å². The quantitative estimate of drug-likeness (QED) is 0.863. The largest absolute Gasteiger partial charge is 0.395 e. The van der Waals surface area contributed by atoms with E-state index in [1.54, 1.807) is 0 Å². The molecule has 0 fully saturated rings. The molecule has 0 bridgehead atoms. The smallest absolute Gasteiger partial charge is 0.0534 e. The Hall–Kier alpha value is -0.340. The molecule has 1 radical (unpaired) electrons. The van der Waals surface area contributed by atoms with Gasteiger partial charge in [-0.2, -0.15) is 0 Å². The lowest BCUT2D eigenvalue weighted by Gasteiger charge is -2.09. The average molecular weight is 242 g/mol. The molecule has 0 saturated carbocycles. The van der Waals surface area contributed by atoms with Crippen molar-refractivity contribution in [1.82, 2.24) is 0 Å². The summed E-state index contributed by atoms with van der Waals surface area (Å²) in [4.78, 5) is 0. The van der Waals surface area contributed by atoms with E-state index < -0.39 is 0 Å². The van der Waals surface area contributed by atoms with Crippen LogP contribution in [-0.2, 0) is 6.42 Å². The van der Waals surface area contributed by atoms with Gasteiger partial charge in [-0.1, -0.05) is 35.8 Å². The molecule has 0 aromatic heterocycles. The van der Waals surface area contributed by atoms with Gasteiger partial charge in [-0.15, -0.1) is 0 Å². The molecule has 1 aromatic carbocycles. The molecule has 0 atom stereocenters. The summed E-state index contributed by atoms with van der Waals surface area (Å²) < 4.78 is 1.08. The molecular formula is C11H14BrO. The molecule has 1 nitrogen and oxygen atoms in total. The number of benzene rings is 1. The Kier molecular flexibility index (Phi) is 3.94. The van der Waals surface area contributed by atoms with Crippen molar-refractivity contribution in [3.05, 3.63) is 39.7 Å². The van der Waals surface area contributed by atoms with Crippen molar-refractivity contribution in [3.63, 3.8) is 0 Å². The minimum Gasteiger partial charge on any atom is -0.395 e. The lowest BCUT2D eigenvalue weighted by Crippen LogP contribution is -2.00. The first kappa shape index (κ1) is 10.7. The van der Waals surface area contributed by atoms with Gasteiger partial charge in [0.05, 0.1) is 6.61 Å². The van der Waals surface area contributed by atoms with Gasteiger partial charge in [-0.25, -0.2) is 0 Å². The minimum absolute atomic E-state index is 0.125. The summed E-state index contributed by atoms with van der Waals surface area (Å²) in [6, 6.07) is 6.26. The standard InChI is InChI=1S/C11H14BrO/c1-3-9-4-10(8(2)7-13)6-11(12)5-9/h4-6,13H,3,7H2,1-2H3. The number of hydrogen-bond acceptors (Lipinski definition) is 1. The van der Waals surface area contributed by atoms with Crippen LogP contribution in [0.4, 0.5) is 0 Å². The number of halogens is 1. The fourth-order valence-electron chi connectivity index (χ4n) is 1.19. The van der Waals surface area contributed by atoms with Gasteiger partial charge in [0.2, 0.25) is 0 Å². The van der Waals surface area contributed by atoms with E-state index in [-0.39, 0.29) is 6.61 Å². The molecule has 0 aliphatic carbocycles. The van der Waals surface area contributed by atoms with Gasteiger partial charge < -0.3 is 5.11 Å². The normalized spacial score (nSPS) is 10.8. The van der Waals surface area contributed by atoms with Crippen LogP contribution in [0, 0.1) is 5.92 Å². The predicted molar refractivity (Wildman–Crippen MR) is 58.6 cm³/mol. The van der Waals surface area contributed by atoms with E-state index in [0.29, 0.717) is 0 Å². The zero-order chi connectivity index (χ0) is 9.84. The van der Waals surface area contributed by atoms with Crippen molar-refractivity contribution in [3.8, 4) is 0 Å². The lowest BCUT2D eigenvalue weighted by atomic mass is 9.99. The van der Waals surface area contributed by atoms with E-state index >= 15 is 0 Å². The zero-order valence-corrected chi connectivity index (χ0v) is 9.56. The van der Waals surface area contributed by atoms with Crippen molar-refractivity contribution < 1.29 is 5.11 Å². The summed E-state index contributed by atoms with van der Waals surface area (Å²) in [6.07, 6.45) is 1.02. The Balaban J connectivity index is 3.01. The Labute approximate surface area is 87.9 Å². The predicted octanol–water partition coefficient (Wildman–Crippen LogP) is 2.95. The van der Waals surface area contributed by atoms with E-state index in [2.05, 4.69) is 35.0 Å². The van der Waals surface area contributed by atoms with Crippen molar-refractivity contribution in [1.29, 1.82) is 0 Å². The van der Waals surface area contributed by atoms with Crippen LogP contribution in [-0.4, -0.2) is 11.7 Å². The topological polar surface area (TPSA) is 20.2 Å². The summed E-state index contributed by atoms with van der Waals surface area (Å²) in [5, 5.41) is 8.99. The molecule has 0 heterocycles. The first-order chi connectivity index (χ1) is 6.17. The van der Waals surface area contributed by atoms with E-state index in [0.717, 1.165) is 22.4 Å². The molecule has 1 N–H and O–H groups in total. The second kappa shape index (κ2) is 4.77. The Morgan fingerprint density at radius 1 is 1.38 bits per heavy atom. The first-order valence-electron chi connectivity index (χ1n) is 4.40. The number of aliphatic hydroxyl groups excluding tert-OH is 1. The monoisotopic (exact) mass is 241 g/mol. The maximum atomic E-state index is 8.99. The van der Waals surface area contributed by atoms with Gasteiger partial charge in [-0.3, -0.25) is 0 Å². The van der Waals surface area contributed by atoms with Crippen molar-refractivity contribution >= 4 is 15.9 Å². The summed E-state index contributed by atoms with van der Waals surface area (Å²) in [5.74, 6) is 1.01. The Morgan fingerprint density at radius 2 is 2.08 bits per heavy atom. The van der Waals surface area contributed by atoms with Crippen molar-refractivity contribution in [2.45, 2.75) is 20.3 Å². The van der Waals surface area contributed by atoms with Gasteiger partial charge in [0.15, 0.2) is 0 Å². The molecule has 0 unspecified atom stereocenters. The lowest BCUT2D eigenvalue weighted by molar-refractivity contribution is 0.315. The molecule has 2 heteroatoms. The maximum Gasteiger partial charge on any atom is 0.0534 e. The molecule has 0 saturated heterocycles. The van der Waals surface area contributed by atoms with Crippen LogP contribution < -0.4 is 0 Å². The molecule has 0 aliphatic rings. The number of aryl methyl sites for hydroxylation is 1. The highest BCUT2D eigenvalue weighted by atomic mass is 79.9. The Morgan fingerprint density at radius 3 is 2.62 bits per heavy atom. The molecule has 71 valence electrons. The highest BCUT2D eigenvalue weighted by molar-refractivity contribution is 9.10. The Bertz CT molecular complexity index is 283. The van der Waals surface area contributed by atoms with Crippen LogP contribution in [0.5, 0.6) is 0 Å². The first-order valence-corrected chi connectivity index (χ1v) is 5.19. The molecule has 0 amide bonds. The van der Waals surface area contributed by atoms with Crippen LogP contribution in [0.25, 0.3) is 0 Å². The highest BCUT2D eigenvalue weighted by Crippen LogP contribution is 2.21. The summed E-state index contributed by atoms with van der Waals surface area (Å²) >= 11 is 3.46. The van der Waals surface area contributed by atoms with E-state index in [9.17, 15) is 0 Å². The highest BCUT2D eigenvalue weighted by Gasteiger charge is 2.06. The number of aliphatic hydroxyl groups is 1. The van der Waals surface area contributed by atoms with E-state index in [4.69, 9.17) is 5.11 Å². The summed E-state index contributed by atoms with van der Waals surface area (Å²) in [5.41, 5.74) is 2.41.